The van der Waals surface area contributed by atoms with Crippen LogP contribution in [0.2, 0.25) is 0 Å². The lowest BCUT2D eigenvalue weighted by atomic mass is 9.92. The Bertz CT molecular complexity index is 947. The van der Waals surface area contributed by atoms with Gasteiger partial charge in [0.05, 0.1) is 0 Å². The Labute approximate surface area is 166 Å². The number of amides is 1. The van der Waals surface area contributed by atoms with Crippen LogP contribution in [0.5, 0.6) is 0 Å². The monoisotopic (exact) mass is 371 g/mol. The van der Waals surface area contributed by atoms with Crippen LogP contribution in [0, 0.1) is 6.92 Å². The van der Waals surface area contributed by atoms with E-state index in [1.54, 1.807) is 24.5 Å². The van der Waals surface area contributed by atoms with Crippen LogP contribution in [0.1, 0.15) is 51.6 Å². The fourth-order valence-electron chi connectivity index (χ4n) is 3.88. The minimum atomic E-state index is 0.0992. The molecule has 2 aromatic heterocycles. The zero-order valence-corrected chi connectivity index (χ0v) is 16.2. The highest BCUT2D eigenvalue weighted by molar-refractivity contribution is 5.94. The molecule has 1 amide bonds. The van der Waals surface area contributed by atoms with E-state index in [4.69, 9.17) is 4.98 Å². The van der Waals surface area contributed by atoms with Gasteiger partial charge in [-0.2, -0.15) is 0 Å². The standard InChI is InChI=1S/C24H25N3O/c1-18-5-2-3-6-21(18)17-22-7-4-8-23(26-22)19-11-15-27(16-12-19)24(28)20-9-13-25-14-10-20/h2-10,13-14,19H,11-12,15-17H2,1H3. The van der Waals surface area contributed by atoms with Crippen molar-refractivity contribution in [1.82, 2.24) is 14.9 Å². The molecule has 4 rings (SSSR count). The van der Waals surface area contributed by atoms with Crippen molar-refractivity contribution in [2.75, 3.05) is 13.1 Å². The molecule has 1 aromatic carbocycles. The molecule has 142 valence electrons. The van der Waals surface area contributed by atoms with Gasteiger partial charge < -0.3 is 4.90 Å². The molecule has 0 bridgehead atoms. The summed E-state index contributed by atoms with van der Waals surface area (Å²) in [5.41, 5.74) is 5.61. The van der Waals surface area contributed by atoms with E-state index in [9.17, 15) is 4.79 Å². The molecular formula is C24H25N3O. The van der Waals surface area contributed by atoms with Crippen LogP contribution in [0.3, 0.4) is 0 Å². The molecule has 0 aliphatic carbocycles. The molecule has 0 saturated carbocycles. The first-order valence-electron chi connectivity index (χ1n) is 9.90. The normalized spacial score (nSPS) is 14.8. The van der Waals surface area contributed by atoms with Crippen LogP contribution in [-0.2, 0) is 6.42 Å². The topological polar surface area (TPSA) is 46.1 Å². The van der Waals surface area contributed by atoms with Crippen molar-refractivity contribution in [2.24, 2.45) is 0 Å². The van der Waals surface area contributed by atoms with Crippen LogP contribution < -0.4 is 0 Å². The molecule has 4 heteroatoms. The zero-order chi connectivity index (χ0) is 19.3. The minimum Gasteiger partial charge on any atom is -0.339 e. The van der Waals surface area contributed by atoms with E-state index in [1.165, 1.54) is 11.1 Å². The molecule has 0 atom stereocenters. The number of aryl methyl sites for hydroxylation is 1. The summed E-state index contributed by atoms with van der Waals surface area (Å²) >= 11 is 0. The van der Waals surface area contributed by atoms with Gasteiger partial charge in [-0.25, -0.2) is 0 Å². The number of piperidine rings is 1. The van der Waals surface area contributed by atoms with Gasteiger partial charge in [0, 0.05) is 54.8 Å². The number of carbonyl (C=O) groups is 1. The minimum absolute atomic E-state index is 0.0992. The third-order valence-corrected chi connectivity index (χ3v) is 5.59. The molecule has 0 unspecified atom stereocenters. The van der Waals surface area contributed by atoms with Crippen LogP contribution in [0.25, 0.3) is 0 Å². The molecule has 0 spiro atoms. The van der Waals surface area contributed by atoms with Crippen molar-refractivity contribution >= 4 is 5.91 Å². The number of rotatable bonds is 4. The first-order chi connectivity index (χ1) is 13.7. The highest BCUT2D eigenvalue weighted by atomic mass is 16.2. The predicted octanol–water partition coefficient (Wildman–Crippen LogP) is 4.40. The summed E-state index contributed by atoms with van der Waals surface area (Å²) in [7, 11) is 0. The van der Waals surface area contributed by atoms with Gasteiger partial charge in [-0.3, -0.25) is 14.8 Å². The van der Waals surface area contributed by atoms with Gasteiger partial charge in [0.15, 0.2) is 0 Å². The molecular weight excluding hydrogens is 346 g/mol. The Kier molecular flexibility index (Phi) is 5.47. The van der Waals surface area contributed by atoms with Crippen molar-refractivity contribution in [3.05, 3.63) is 95.1 Å². The maximum Gasteiger partial charge on any atom is 0.253 e. The number of benzene rings is 1. The highest BCUT2D eigenvalue weighted by Crippen LogP contribution is 2.28. The van der Waals surface area contributed by atoms with Crippen LogP contribution in [0.15, 0.2) is 67.0 Å². The number of hydrogen-bond donors (Lipinski definition) is 0. The Morgan fingerprint density at radius 3 is 2.50 bits per heavy atom. The summed E-state index contributed by atoms with van der Waals surface area (Å²) in [4.78, 5) is 23.5. The number of carbonyl (C=O) groups excluding carboxylic acids is 1. The van der Waals surface area contributed by atoms with Gasteiger partial charge in [-0.05, 0) is 55.2 Å². The second-order valence-corrected chi connectivity index (χ2v) is 7.46. The Morgan fingerprint density at radius 2 is 1.75 bits per heavy atom. The van der Waals surface area contributed by atoms with Gasteiger partial charge in [-0.15, -0.1) is 0 Å². The number of likely N-dealkylation sites (tertiary alicyclic amines) is 1. The lowest BCUT2D eigenvalue weighted by molar-refractivity contribution is 0.0712. The van der Waals surface area contributed by atoms with Crippen LogP contribution in [0.4, 0.5) is 0 Å². The fraction of sp³-hybridized carbons (Fsp3) is 0.292. The quantitative estimate of drug-likeness (QED) is 0.683. The van der Waals surface area contributed by atoms with E-state index in [0.29, 0.717) is 11.5 Å². The van der Waals surface area contributed by atoms with E-state index in [-0.39, 0.29) is 5.91 Å². The second kappa shape index (κ2) is 8.34. The van der Waals surface area contributed by atoms with Gasteiger partial charge in [0.2, 0.25) is 0 Å². The lowest BCUT2D eigenvalue weighted by Gasteiger charge is -2.32. The third-order valence-electron chi connectivity index (χ3n) is 5.59. The average Bonchev–Trinajstić information content (AvgIpc) is 2.76. The van der Waals surface area contributed by atoms with Crippen molar-refractivity contribution in [3.8, 4) is 0 Å². The molecule has 4 nitrogen and oxygen atoms in total. The first-order valence-corrected chi connectivity index (χ1v) is 9.90. The number of nitrogens with zero attached hydrogens (tertiary/aromatic N) is 3. The highest BCUT2D eigenvalue weighted by Gasteiger charge is 2.25. The average molecular weight is 371 g/mol. The summed E-state index contributed by atoms with van der Waals surface area (Å²) in [5.74, 6) is 0.514. The van der Waals surface area contributed by atoms with Crippen molar-refractivity contribution in [2.45, 2.75) is 32.1 Å². The molecule has 3 heterocycles. The van der Waals surface area contributed by atoms with Crippen molar-refractivity contribution < 1.29 is 4.79 Å². The molecule has 1 saturated heterocycles. The smallest absolute Gasteiger partial charge is 0.253 e. The summed E-state index contributed by atoms with van der Waals surface area (Å²) in [6.45, 7) is 3.69. The van der Waals surface area contributed by atoms with Gasteiger partial charge in [-0.1, -0.05) is 30.3 Å². The van der Waals surface area contributed by atoms with Gasteiger partial charge >= 0.3 is 0 Å². The van der Waals surface area contributed by atoms with E-state index in [1.807, 2.05) is 4.90 Å². The van der Waals surface area contributed by atoms with Crippen LogP contribution in [-0.4, -0.2) is 33.9 Å². The lowest BCUT2D eigenvalue weighted by Crippen LogP contribution is -2.38. The zero-order valence-electron chi connectivity index (χ0n) is 16.2. The van der Waals surface area contributed by atoms with Gasteiger partial charge in [0.25, 0.3) is 5.91 Å². The molecule has 0 radical (unpaired) electrons. The maximum atomic E-state index is 12.6. The Balaban J connectivity index is 1.41. The first kappa shape index (κ1) is 18.4. The van der Waals surface area contributed by atoms with Crippen molar-refractivity contribution in [1.29, 1.82) is 0 Å². The SMILES string of the molecule is Cc1ccccc1Cc1cccc(C2CCN(C(=O)c3ccncc3)CC2)n1. The van der Waals surface area contributed by atoms with E-state index < -0.39 is 0 Å². The summed E-state index contributed by atoms with van der Waals surface area (Å²) < 4.78 is 0. The molecule has 3 aromatic rings. The Hall–Kier alpha value is -3.01. The maximum absolute atomic E-state index is 12.6. The van der Waals surface area contributed by atoms with E-state index in [2.05, 4.69) is 54.4 Å². The molecule has 28 heavy (non-hydrogen) atoms. The van der Waals surface area contributed by atoms with E-state index >= 15 is 0 Å². The molecule has 1 aliphatic heterocycles. The second-order valence-electron chi connectivity index (χ2n) is 7.46. The van der Waals surface area contributed by atoms with Crippen LogP contribution >= 0.6 is 0 Å². The Morgan fingerprint density at radius 1 is 1.00 bits per heavy atom. The number of aromatic nitrogens is 2. The summed E-state index contributed by atoms with van der Waals surface area (Å²) in [5, 5.41) is 0. The van der Waals surface area contributed by atoms with E-state index in [0.717, 1.165) is 43.7 Å². The predicted molar refractivity (Wildman–Crippen MR) is 110 cm³/mol. The molecule has 0 N–H and O–H groups in total. The number of hydrogen-bond acceptors (Lipinski definition) is 3. The number of pyridine rings is 2. The third kappa shape index (κ3) is 4.11. The summed E-state index contributed by atoms with van der Waals surface area (Å²) in [6.07, 6.45) is 6.11. The molecule has 1 aliphatic rings. The summed E-state index contributed by atoms with van der Waals surface area (Å²) in [6, 6.07) is 18.4. The largest absolute Gasteiger partial charge is 0.339 e. The molecule has 1 fully saturated rings. The van der Waals surface area contributed by atoms with Gasteiger partial charge in [0.1, 0.15) is 0 Å². The van der Waals surface area contributed by atoms with Crippen molar-refractivity contribution in [3.63, 3.8) is 0 Å². The fourth-order valence-corrected chi connectivity index (χ4v) is 3.88.